The predicted molar refractivity (Wildman–Crippen MR) is 69.9 cm³/mol. The molecule has 0 bridgehead atoms. The van der Waals surface area contributed by atoms with Gasteiger partial charge in [0.15, 0.2) is 6.10 Å². The van der Waals surface area contributed by atoms with Gasteiger partial charge in [-0.1, -0.05) is 27.5 Å². The van der Waals surface area contributed by atoms with Crippen LogP contribution in [0.4, 0.5) is 0 Å². The highest BCUT2D eigenvalue weighted by Crippen LogP contribution is 2.20. The number of rotatable bonds is 5. The number of aliphatic carboxylic acids is 1. The largest absolute Gasteiger partial charge is 0.479 e. The number of halogens is 2. The topological polar surface area (TPSA) is 75.6 Å². The maximum absolute atomic E-state index is 11.8. The first-order valence-corrected chi connectivity index (χ1v) is 6.11. The van der Waals surface area contributed by atoms with Crippen molar-refractivity contribution < 1.29 is 19.4 Å². The Morgan fingerprint density at radius 2 is 2.22 bits per heavy atom. The zero-order valence-corrected chi connectivity index (χ0v) is 11.8. The maximum Gasteiger partial charge on any atom is 0.334 e. The smallest absolute Gasteiger partial charge is 0.334 e. The van der Waals surface area contributed by atoms with E-state index < -0.39 is 18.0 Å². The minimum absolute atomic E-state index is 0.131. The summed E-state index contributed by atoms with van der Waals surface area (Å²) in [5, 5.41) is 11.5. The van der Waals surface area contributed by atoms with Crippen LogP contribution in [0.3, 0.4) is 0 Å². The standard InChI is InChI=1S/C11H11BrClNO4/c1-18-9(11(16)17)5-14-10(15)7-4-6(12)2-3-8(7)13/h2-4,9H,5H2,1H3,(H,14,15)(H,16,17). The lowest BCUT2D eigenvalue weighted by atomic mass is 10.2. The molecule has 0 saturated heterocycles. The molecule has 18 heavy (non-hydrogen) atoms. The molecule has 0 aliphatic carbocycles. The molecule has 1 atom stereocenters. The summed E-state index contributed by atoms with van der Waals surface area (Å²) in [5.41, 5.74) is 0.270. The van der Waals surface area contributed by atoms with Crippen LogP contribution in [0, 0.1) is 0 Å². The molecule has 0 saturated carbocycles. The molecule has 1 unspecified atom stereocenters. The van der Waals surface area contributed by atoms with Crippen molar-refractivity contribution in [3.8, 4) is 0 Å². The molecule has 0 heterocycles. The van der Waals surface area contributed by atoms with Gasteiger partial charge in [0.25, 0.3) is 5.91 Å². The number of amides is 1. The Morgan fingerprint density at radius 3 is 2.78 bits per heavy atom. The van der Waals surface area contributed by atoms with Crippen LogP contribution in [-0.2, 0) is 9.53 Å². The molecular weight excluding hydrogens is 325 g/mol. The number of ether oxygens (including phenoxy) is 1. The predicted octanol–water partition coefficient (Wildman–Crippen LogP) is 1.93. The number of carboxylic acids is 1. The molecule has 7 heteroatoms. The highest BCUT2D eigenvalue weighted by molar-refractivity contribution is 9.10. The average molecular weight is 337 g/mol. The van der Waals surface area contributed by atoms with Gasteiger partial charge in [-0.3, -0.25) is 4.79 Å². The van der Waals surface area contributed by atoms with Crippen molar-refractivity contribution in [2.75, 3.05) is 13.7 Å². The van der Waals surface area contributed by atoms with Crippen LogP contribution < -0.4 is 5.32 Å². The van der Waals surface area contributed by atoms with Crippen LogP contribution in [0.1, 0.15) is 10.4 Å². The fourth-order valence-corrected chi connectivity index (χ4v) is 1.79. The molecule has 1 aromatic rings. The van der Waals surface area contributed by atoms with Crippen molar-refractivity contribution in [3.63, 3.8) is 0 Å². The Kier molecular flexibility index (Phi) is 5.58. The van der Waals surface area contributed by atoms with E-state index in [1.54, 1.807) is 18.2 Å². The molecule has 1 aromatic carbocycles. The SMILES string of the molecule is COC(CNC(=O)c1cc(Br)ccc1Cl)C(=O)O. The van der Waals surface area contributed by atoms with Gasteiger partial charge in [0, 0.05) is 11.6 Å². The Balaban J connectivity index is 2.71. The quantitative estimate of drug-likeness (QED) is 0.861. The molecular formula is C11H11BrClNO4. The summed E-state index contributed by atoms with van der Waals surface area (Å²) in [7, 11) is 1.26. The third kappa shape index (κ3) is 3.97. The fraction of sp³-hybridized carbons (Fsp3) is 0.273. The highest BCUT2D eigenvalue weighted by atomic mass is 79.9. The minimum Gasteiger partial charge on any atom is -0.479 e. The Morgan fingerprint density at radius 1 is 1.56 bits per heavy atom. The number of hydrogen-bond acceptors (Lipinski definition) is 3. The van der Waals surface area contributed by atoms with E-state index in [2.05, 4.69) is 21.2 Å². The highest BCUT2D eigenvalue weighted by Gasteiger charge is 2.18. The number of carboxylic acid groups (broad SMARTS) is 1. The number of hydrogen-bond donors (Lipinski definition) is 2. The van der Waals surface area contributed by atoms with Crippen molar-refractivity contribution in [1.29, 1.82) is 0 Å². The molecule has 98 valence electrons. The molecule has 0 aliphatic rings. The van der Waals surface area contributed by atoms with Crippen LogP contribution in [-0.4, -0.2) is 36.7 Å². The number of benzene rings is 1. The molecule has 0 aromatic heterocycles. The number of methoxy groups -OCH3 is 1. The summed E-state index contributed by atoms with van der Waals surface area (Å²) in [5.74, 6) is -1.59. The average Bonchev–Trinajstić information content (AvgIpc) is 2.32. The third-order valence-corrected chi connectivity index (χ3v) is 3.00. The second-order valence-corrected chi connectivity index (χ2v) is 4.72. The first-order valence-electron chi connectivity index (χ1n) is 4.94. The van der Waals surface area contributed by atoms with Crippen molar-refractivity contribution >= 4 is 39.4 Å². The van der Waals surface area contributed by atoms with E-state index in [1.165, 1.54) is 7.11 Å². The monoisotopic (exact) mass is 335 g/mol. The zero-order chi connectivity index (χ0) is 13.7. The number of carbonyl (C=O) groups excluding carboxylic acids is 1. The Bertz CT molecular complexity index is 466. The van der Waals surface area contributed by atoms with E-state index >= 15 is 0 Å². The van der Waals surface area contributed by atoms with Gasteiger partial charge in [-0.25, -0.2) is 4.79 Å². The Labute approximate surface area is 117 Å². The van der Waals surface area contributed by atoms with Crippen molar-refractivity contribution in [1.82, 2.24) is 5.32 Å². The van der Waals surface area contributed by atoms with E-state index in [9.17, 15) is 9.59 Å². The van der Waals surface area contributed by atoms with Crippen LogP contribution in [0.15, 0.2) is 22.7 Å². The maximum atomic E-state index is 11.8. The Hall–Kier alpha value is -1.11. The lowest BCUT2D eigenvalue weighted by Gasteiger charge is -2.12. The first-order chi connectivity index (χ1) is 8.45. The zero-order valence-electron chi connectivity index (χ0n) is 9.44. The van der Waals surface area contributed by atoms with Gasteiger partial charge >= 0.3 is 5.97 Å². The summed E-state index contributed by atoms with van der Waals surface area (Å²) in [6.07, 6.45) is -1.08. The van der Waals surface area contributed by atoms with Crippen molar-refractivity contribution in [3.05, 3.63) is 33.3 Å². The van der Waals surface area contributed by atoms with Crippen LogP contribution >= 0.6 is 27.5 Å². The summed E-state index contributed by atoms with van der Waals surface area (Å²) >= 11 is 9.10. The molecule has 2 N–H and O–H groups in total. The lowest BCUT2D eigenvalue weighted by molar-refractivity contribution is -0.147. The van der Waals surface area contributed by atoms with E-state index in [0.717, 1.165) is 0 Å². The molecule has 1 rings (SSSR count). The lowest BCUT2D eigenvalue weighted by Crippen LogP contribution is -2.37. The van der Waals surface area contributed by atoms with E-state index in [0.29, 0.717) is 9.50 Å². The normalized spacial score (nSPS) is 11.9. The second kappa shape index (κ2) is 6.72. The third-order valence-electron chi connectivity index (χ3n) is 2.18. The van der Waals surface area contributed by atoms with Gasteiger partial charge in [-0.05, 0) is 18.2 Å². The summed E-state index contributed by atoms with van der Waals surface area (Å²) < 4.78 is 5.40. The fourth-order valence-electron chi connectivity index (χ4n) is 1.22. The molecule has 0 fully saturated rings. The van der Waals surface area contributed by atoms with Gasteiger partial charge in [0.05, 0.1) is 17.1 Å². The molecule has 5 nitrogen and oxygen atoms in total. The van der Waals surface area contributed by atoms with Gasteiger partial charge < -0.3 is 15.2 Å². The first kappa shape index (κ1) is 14.9. The van der Waals surface area contributed by atoms with E-state index in [4.69, 9.17) is 21.4 Å². The number of carbonyl (C=O) groups is 2. The van der Waals surface area contributed by atoms with E-state index in [1.807, 2.05) is 0 Å². The van der Waals surface area contributed by atoms with Crippen molar-refractivity contribution in [2.45, 2.75) is 6.10 Å². The second-order valence-electron chi connectivity index (χ2n) is 3.40. The van der Waals surface area contributed by atoms with Crippen LogP contribution in [0.2, 0.25) is 5.02 Å². The van der Waals surface area contributed by atoms with Crippen LogP contribution in [0.5, 0.6) is 0 Å². The molecule has 0 radical (unpaired) electrons. The van der Waals surface area contributed by atoms with Gasteiger partial charge in [-0.15, -0.1) is 0 Å². The number of nitrogens with one attached hydrogen (secondary N) is 1. The summed E-state index contributed by atoms with van der Waals surface area (Å²) in [6, 6.07) is 4.83. The van der Waals surface area contributed by atoms with E-state index in [-0.39, 0.29) is 12.1 Å². The molecule has 0 aliphatic heterocycles. The van der Waals surface area contributed by atoms with Crippen molar-refractivity contribution in [2.24, 2.45) is 0 Å². The minimum atomic E-state index is -1.14. The summed E-state index contributed by atoms with van der Waals surface area (Å²) in [4.78, 5) is 22.5. The molecule has 1 amide bonds. The molecule has 0 spiro atoms. The van der Waals surface area contributed by atoms with Gasteiger partial charge in [0.2, 0.25) is 0 Å². The van der Waals surface area contributed by atoms with Crippen LogP contribution in [0.25, 0.3) is 0 Å². The van der Waals surface area contributed by atoms with Gasteiger partial charge in [0.1, 0.15) is 0 Å². The summed E-state index contributed by atoms with van der Waals surface area (Å²) in [6.45, 7) is -0.131. The van der Waals surface area contributed by atoms with Gasteiger partial charge in [-0.2, -0.15) is 0 Å².